The molecule has 1 saturated heterocycles. The minimum Gasteiger partial charge on any atom is -0.465 e. The third-order valence-corrected chi connectivity index (χ3v) is 14.2. The molecule has 3 unspecified atom stereocenters. The number of hydrogen-bond donors (Lipinski definition) is 1. The van der Waals surface area contributed by atoms with Gasteiger partial charge >= 0.3 is 35.9 Å². The highest BCUT2D eigenvalue weighted by Gasteiger charge is 2.26. The molecule has 79 heavy (non-hydrogen) atoms. The number of allylic oxidation sites excluding steroid dienone is 8. The number of nitrogens with zero attached hydrogens (tertiary/aromatic N) is 1. The van der Waals surface area contributed by atoms with Crippen LogP contribution in [0.2, 0.25) is 0 Å². The number of carbonyl (C=O) groups excluding carboxylic acids is 6. The second kappa shape index (κ2) is 43.8. The zero-order chi connectivity index (χ0) is 58.7. The fourth-order valence-electron chi connectivity index (χ4n) is 8.88. The normalized spacial score (nSPS) is 15.1. The maximum atomic E-state index is 13.2. The van der Waals surface area contributed by atoms with Gasteiger partial charge in [0.1, 0.15) is 37.1 Å². The Labute approximate surface area is 478 Å². The molecule has 450 valence electrons. The lowest BCUT2D eigenvalue weighted by atomic mass is 9.98. The Morgan fingerprint density at radius 3 is 1.39 bits per heavy atom. The first-order chi connectivity index (χ1) is 37.7. The van der Waals surface area contributed by atoms with E-state index in [0.717, 1.165) is 83.8 Å². The van der Waals surface area contributed by atoms with Crippen LogP contribution in [0.3, 0.4) is 0 Å². The van der Waals surface area contributed by atoms with Crippen molar-refractivity contribution in [2.75, 3.05) is 46.0 Å². The number of likely N-dealkylation sites (tertiary alicyclic amines) is 1. The number of carbonyl (C=O) groups is 6. The average molecular weight is 1110 g/mol. The van der Waals surface area contributed by atoms with E-state index in [1.54, 1.807) is 12.2 Å². The van der Waals surface area contributed by atoms with E-state index in [2.05, 4.69) is 96.1 Å². The molecule has 0 aromatic heterocycles. The zero-order valence-electron chi connectivity index (χ0n) is 50.9. The number of ether oxygens (including phenoxy) is 6. The van der Waals surface area contributed by atoms with Gasteiger partial charge in [-0.1, -0.05) is 98.8 Å². The first-order valence-electron chi connectivity index (χ1n) is 30.1. The Balaban J connectivity index is 2.75. The van der Waals surface area contributed by atoms with E-state index < -0.39 is 47.2 Å². The second-order valence-corrected chi connectivity index (χ2v) is 22.7. The SMILES string of the molecule is C=CC(C)(CC/C=C(\C)CCC=C(C)C)OC(=O)CCCCCC(=O)OCC(COC(=O)CCCCCC(=O)OC(C)(C=C)CC/C=C(\C)CCC=C(C)C)COC(=O)CCC(CCCCCC)OC(=O)NCCN1CCCC1. The maximum Gasteiger partial charge on any atom is 0.407 e. The van der Waals surface area contributed by atoms with Crippen molar-refractivity contribution in [2.45, 2.75) is 253 Å². The van der Waals surface area contributed by atoms with E-state index in [9.17, 15) is 28.8 Å². The van der Waals surface area contributed by atoms with Gasteiger partial charge in [0.2, 0.25) is 0 Å². The predicted molar refractivity (Wildman–Crippen MR) is 317 cm³/mol. The number of rotatable bonds is 46. The van der Waals surface area contributed by atoms with Crippen LogP contribution in [0, 0.1) is 5.92 Å². The van der Waals surface area contributed by atoms with Gasteiger partial charge in [-0.05, 0) is 190 Å². The molecular weight excluding hydrogens is 1000 g/mol. The number of alkyl carbamates (subject to hydrolysis) is 1. The van der Waals surface area contributed by atoms with Gasteiger partial charge in [0.05, 0.1) is 5.92 Å². The summed E-state index contributed by atoms with van der Waals surface area (Å²) < 4.78 is 34.3. The topological polar surface area (TPSA) is 173 Å². The van der Waals surface area contributed by atoms with Gasteiger partial charge in [-0.2, -0.15) is 0 Å². The standard InChI is InChI=1S/C65H108N2O12/c1-12-15-16-19-36-57(77-63(73)66-45-48-67-46-24-25-47-67)41-42-60(70)76-51-56(49-74-58(68)37-20-17-22-39-61(71)78-64(10,13-2)43-28-34-54(8)32-26-30-52(4)5)50-75-59(69)38-21-18-23-40-62(72)79-65(11,14-3)44-29-35-55(9)33-27-31-53(6)7/h13-14,30-31,34-35,56-57H,2-3,12,15-29,32-33,36-51H2,1,4-11H3,(H,66,73)/b54-34+,55-35+. The molecule has 0 aliphatic carbocycles. The predicted octanol–water partition coefficient (Wildman–Crippen LogP) is 15.0. The van der Waals surface area contributed by atoms with E-state index in [0.29, 0.717) is 70.8 Å². The summed E-state index contributed by atoms with van der Waals surface area (Å²) in [5.74, 6) is -2.68. The molecule has 1 aliphatic rings. The van der Waals surface area contributed by atoms with Crippen molar-refractivity contribution in [3.8, 4) is 0 Å². The summed E-state index contributed by atoms with van der Waals surface area (Å²) in [5.41, 5.74) is 3.66. The van der Waals surface area contributed by atoms with Gasteiger partial charge in [0.25, 0.3) is 0 Å². The van der Waals surface area contributed by atoms with Gasteiger partial charge in [0.15, 0.2) is 0 Å². The monoisotopic (exact) mass is 1110 g/mol. The molecule has 0 aromatic rings. The van der Waals surface area contributed by atoms with Crippen molar-refractivity contribution >= 4 is 35.9 Å². The maximum absolute atomic E-state index is 13.2. The summed E-state index contributed by atoms with van der Waals surface area (Å²) in [7, 11) is 0. The Hall–Kier alpha value is -4.98. The molecule has 0 bridgehead atoms. The van der Waals surface area contributed by atoms with Crippen LogP contribution in [0.4, 0.5) is 4.79 Å². The van der Waals surface area contributed by atoms with Crippen molar-refractivity contribution in [3.63, 3.8) is 0 Å². The summed E-state index contributed by atoms with van der Waals surface area (Å²) in [4.78, 5) is 79.7. The number of unbranched alkanes of at least 4 members (excludes halogenated alkanes) is 7. The molecule has 0 spiro atoms. The molecular formula is C65H108N2O12. The third kappa shape index (κ3) is 39.9. The summed E-state index contributed by atoms with van der Waals surface area (Å²) in [5, 5.41) is 2.86. The number of hydrogen-bond acceptors (Lipinski definition) is 13. The van der Waals surface area contributed by atoms with Crippen LogP contribution in [-0.4, -0.2) is 104 Å². The lowest BCUT2D eigenvalue weighted by Gasteiger charge is -2.25. The Morgan fingerprint density at radius 2 is 0.962 bits per heavy atom. The molecule has 0 saturated carbocycles. The van der Waals surface area contributed by atoms with Crippen LogP contribution in [0.5, 0.6) is 0 Å². The van der Waals surface area contributed by atoms with Crippen molar-refractivity contribution in [1.29, 1.82) is 0 Å². The van der Waals surface area contributed by atoms with Crippen LogP contribution in [0.15, 0.2) is 71.9 Å². The van der Waals surface area contributed by atoms with E-state index in [1.165, 1.54) is 35.1 Å². The lowest BCUT2D eigenvalue weighted by molar-refractivity contribution is -0.155. The largest absolute Gasteiger partial charge is 0.465 e. The van der Waals surface area contributed by atoms with Crippen LogP contribution in [-0.2, 0) is 52.4 Å². The highest BCUT2D eigenvalue weighted by atomic mass is 16.6. The first kappa shape index (κ1) is 72.0. The van der Waals surface area contributed by atoms with Crippen LogP contribution in [0.25, 0.3) is 0 Å². The van der Waals surface area contributed by atoms with Crippen LogP contribution >= 0.6 is 0 Å². The molecule has 14 nitrogen and oxygen atoms in total. The van der Waals surface area contributed by atoms with Gasteiger partial charge in [-0.3, -0.25) is 24.0 Å². The summed E-state index contributed by atoms with van der Waals surface area (Å²) in [6.07, 6.45) is 29.3. The van der Waals surface area contributed by atoms with Gasteiger partial charge in [0, 0.05) is 45.2 Å². The molecule has 1 fully saturated rings. The molecule has 0 radical (unpaired) electrons. The summed E-state index contributed by atoms with van der Waals surface area (Å²) >= 11 is 0. The number of amides is 1. The van der Waals surface area contributed by atoms with Crippen molar-refractivity contribution in [3.05, 3.63) is 71.9 Å². The minimum absolute atomic E-state index is 0.00884. The van der Waals surface area contributed by atoms with Gasteiger partial charge < -0.3 is 38.6 Å². The highest BCUT2D eigenvalue weighted by Crippen LogP contribution is 2.24. The van der Waals surface area contributed by atoms with Gasteiger partial charge in [-0.25, -0.2) is 4.79 Å². The molecule has 1 aliphatic heterocycles. The number of nitrogens with one attached hydrogen (secondary N) is 1. The van der Waals surface area contributed by atoms with Crippen LogP contribution in [0.1, 0.15) is 236 Å². The van der Waals surface area contributed by atoms with E-state index in [1.807, 2.05) is 13.8 Å². The van der Waals surface area contributed by atoms with Gasteiger partial charge in [-0.15, -0.1) is 0 Å². The summed E-state index contributed by atoms with van der Waals surface area (Å²) in [6.45, 7) is 29.2. The quantitative estimate of drug-likeness (QED) is 0.0264. The average Bonchev–Trinajstić information content (AvgIpc) is 3.92. The van der Waals surface area contributed by atoms with Crippen molar-refractivity contribution in [2.24, 2.45) is 5.92 Å². The Morgan fingerprint density at radius 1 is 0.532 bits per heavy atom. The Kier molecular flexibility index (Phi) is 39.9. The fourth-order valence-corrected chi connectivity index (χ4v) is 8.88. The van der Waals surface area contributed by atoms with Crippen molar-refractivity contribution in [1.82, 2.24) is 10.2 Å². The zero-order valence-corrected chi connectivity index (χ0v) is 50.9. The molecule has 1 amide bonds. The molecule has 0 aromatic carbocycles. The van der Waals surface area contributed by atoms with Crippen LogP contribution < -0.4 is 5.32 Å². The highest BCUT2D eigenvalue weighted by molar-refractivity contribution is 5.72. The van der Waals surface area contributed by atoms with E-state index >= 15 is 0 Å². The van der Waals surface area contributed by atoms with Crippen molar-refractivity contribution < 1.29 is 57.2 Å². The molecule has 14 heteroatoms. The lowest BCUT2D eigenvalue weighted by Crippen LogP contribution is -2.35. The molecule has 1 rings (SSSR count). The smallest absolute Gasteiger partial charge is 0.407 e. The van der Waals surface area contributed by atoms with E-state index in [4.69, 9.17) is 28.4 Å². The first-order valence-corrected chi connectivity index (χ1v) is 30.1. The second-order valence-electron chi connectivity index (χ2n) is 22.7. The number of esters is 5. The molecule has 1 heterocycles. The minimum atomic E-state index is -0.777. The molecule has 3 atom stereocenters. The Bertz CT molecular complexity index is 1820. The van der Waals surface area contributed by atoms with E-state index in [-0.39, 0.29) is 63.9 Å². The fraction of sp³-hybridized carbons (Fsp3) is 0.723. The third-order valence-electron chi connectivity index (χ3n) is 14.2. The summed E-state index contributed by atoms with van der Waals surface area (Å²) in [6, 6.07) is 0. The molecule has 1 N–H and O–H groups in total.